The summed E-state index contributed by atoms with van der Waals surface area (Å²) in [5.41, 5.74) is 0.816. The average Bonchev–Trinajstić information content (AvgIpc) is 2.82. The number of alkyl halides is 3. The van der Waals surface area contributed by atoms with Gasteiger partial charge in [-0.05, 0) is 42.8 Å². The minimum atomic E-state index is -4.35. The van der Waals surface area contributed by atoms with E-state index in [2.05, 4.69) is 4.90 Å². The second-order valence-corrected chi connectivity index (χ2v) is 9.31. The fourth-order valence-electron chi connectivity index (χ4n) is 4.54. The molecule has 2 aliphatic heterocycles. The Bertz CT molecular complexity index is 1040. The van der Waals surface area contributed by atoms with E-state index in [1.165, 1.54) is 17.0 Å². The Kier molecular flexibility index (Phi) is 7.98. The fourth-order valence-corrected chi connectivity index (χ4v) is 4.73. The predicted octanol–water partition coefficient (Wildman–Crippen LogP) is 3.74. The Morgan fingerprint density at radius 2 is 1.51 bits per heavy atom. The van der Waals surface area contributed by atoms with Gasteiger partial charge in [-0.1, -0.05) is 35.9 Å². The molecule has 2 fully saturated rings. The lowest BCUT2D eigenvalue weighted by atomic mass is 10.1. The quantitative estimate of drug-likeness (QED) is 0.533. The van der Waals surface area contributed by atoms with Gasteiger partial charge in [0.2, 0.25) is 11.8 Å². The van der Waals surface area contributed by atoms with Crippen LogP contribution in [0.3, 0.4) is 0 Å². The first-order valence-electron chi connectivity index (χ1n) is 11.6. The molecule has 188 valence electrons. The summed E-state index contributed by atoms with van der Waals surface area (Å²) >= 11 is 6.20. The molecule has 0 unspecified atom stereocenters. The lowest BCUT2D eigenvalue weighted by Gasteiger charge is -2.37. The lowest BCUT2D eigenvalue weighted by Crippen LogP contribution is -2.54. The van der Waals surface area contributed by atoms with Crippen molar-refractivity contribution >= 4 is 29.1 Å². The summed E-state index contributed by atoms with van der Waals surface area (Å²) in [6.07, 6.45) is -3.70. The molecule has 2 aliphatic rings. The summed E-state index contributed by atoms with van der Waals surface area (Å²) < 4.78 is 39.0. The highest BCUT2D eigenvalue weighted by molar-refractivity contribution is 6.31. The number of amides is 2. The third-order valence-electron chi connectivity index (χ3n) is 6.44. The Morgan fingerprint density at radius 3 is 2.17 bits per heavy atom. The summed E-state index contributed by atoms with van der Waals surface area (Å²) in [6, 6.07) is 12.8. The highest BCUT2D eigenvalue weighted by Gasteiger charge is 2.32. The second kappa shape index (κ2) is 11.0. The minimum Gasteiger partial charge on any atom is -0.369 e. The van der Waals surface area contributed by atoms with Crippen molar-refractivity contribution in [3.63, 3.8) is 0 Å². The number of imide groups is 1. The van der Waals surface area contributed by atoms with Crippen LogP contribution in [0.5, 0.6) is 0 Å². The Hall–Kier alpha value is -2.62. The van der Waals surface area contributed by atoms with Gasteiger partial charge in [0.05, 0.1) is 18.7 Å². The maximum absolute atomic E-state index is 13.0. The van der Waals surface area contributed by atoms with Crippen LogP contribution in [-0.4, -0.2) is 78.9 Å². The molecule has 2 aromatic carbocycles. The monoisotopic (exact) mass is 508 g/mol. The van der Waals surface area contributed by atoms with Crippen molar-refractivity contribution < 1.29 is 22.8 Å². The third-order valence-corrected chi connectivity index (χ3v) is 6.81. The first-order chi connectivity index (χ1) is 16.7. The van der Waals surface area contributed by atoms with Crippen LogP contribution in [0.2, 0.25) is 5.02 Å². The van der Waals surface area contributed by atoms with Gasteiger partial charge in [0.15, 0.2) is 0 Å². The molecule has 2 aromatic rings. The molecule has 35 heavy (non-hydrogen) atoms. The maximum atomic E-state index is 13.0. The molecule has 2 amide bonds. The van der Waals surface area contributed by atoms with E-state index in [4.69, 9.17) is 11.6 Å². The van der Waals surface area contributed by atoms with E-state index in [-0.39, 0.29) is 24.9 Å². The zero-order valence-corrected chi connectivity index (χ0v) is 20.1. The van der Waals surface area contributed by atoms with Crippen molar-refractivity contribution in [2.75, 3.05) is 57.3 Å². The standard InChI is InChI=1S/C25H28ClF3N4O2/c26-22-8-2-1-5-19(22)16-31-17-23(34)33(24(35)18-31)10-4-9-30-11-13-32(14-12-30)21-7-3-6-20(15-21)25(27,28)29/h1-3,5-8,15H,4,9-14,16-18H2. The summed E-state index contributed by atoms with van der Waals surface area (Å²) in [5.74, 6) is -0.412. The molecule has 2 saturated heterocycles. The van der Waals surface area contributed by atoms with Crippen LogP contribution in [0, 0.1) is 0 Å². The number of carbonyl (C=O) groups excluding carboxylic acids is 2. The molecule has 0 aliphatic carbocycles. The van der Waals surface area contributed by atoms with E-state index in [1.807, 2.05) is 23.1 Å². The van der Waals surface area contributed by atoms with Crippen molar-refractivity contribution in [2.24, 2.45) is 0 Å². The molecule has 0 saturated carbocycles. The first kappa shape index (κ1) is 25.5. The Morgan fingerprint density at radius 1 is 0.829 bits per heavy atom. The summed E-state index contributed by atoms with van der Waals surface area (Å²) in [4.78, 5) is 32.5. The average molecular weight is 509 g/mol. The maximum Gasteiger partial charge on any atom is 0.416 e. The van der Waals surface area contributed by atoms with Gasteiger partial charge in [-0.3, -0.25) is 24.3 Å². The van der Waals surface area contributed by atoms with Gasteiger partial charge in [0, 0.05) is 50.0 Å². The Balaban J connectivity index is 1.21. The van der Waals surface area contributed by atoms with Crippen LogP contribution < -0.4 is 4.90 Å². The van der Waals surface area contributed by atoms with Crippen LogP contribution in [0.25, 0.3) is 0 Å². The van der Waals surface area contributed by atoms with Crippen LogP contribution in [0.1, 0.15) is 17.5 Å². The number of halogens is 4. The number of piperazine rings is 2. The number of rotatable bonds is 7. The van der Waals surface area contributed by atoms with Crippen molar-refractivity contribution in [1.82, 2.24) is 14.7 Å². The van der Waals surface area contributed by atoms with E-state index in [9.17, 15) is 22.8 Å². The lowest BCUT2D eigenvalue weighted by molar-refractivity contribution is -0.151. The highest BCUT2D eigenvalue weighted by Crippen LogP contribution is 2.32. The topological polar surface area (TPSA) is 47.1 Å². The molecular formula is C25H28ClF3N4O2. The van der Waals surface area contributed by atoms with Gasteiger partial charge in [-0.2, -0.15) is 13.2 Å². The molecule has 0 radical (unpaired) electrons. The third kappa shape index (κ3) is 6.54. The fraction of sp³-hybridized carbons (Fsp3) is 0.440. The molecular weight excluding hydrogens is 481 g/mol. The normalized spacial score (nSPS) is 18.4. The number of anilines is 1. The van der Waals surface area contributed by atoms with Crippen LogP contribution in [0.15, 0.2) is 48.5 Å². The van der Waals surface area contributed by atoms with Crippen molar-refractivity contribution in [3.8, 4) is 0 Å². The zero-order valence-electron chi connectivity index (χ0n) is 19.3. The van der Waals surface area contributed by atoms with E-state index in [0.717, 1.165) is 18.2 Å². The highest BCUT2D eigenvalue weighted by atomic mass is 35.5. The van der Waals surface area contributed by atoms with E-state index in [1.54, 1.807) is 17.0 Å². The van der Waals surface area contributed by atoms with E-state index >= 15 is 0 Å². The van der Waals surface area contributed by atoms with E-state index < -0.39 is 11.7 Å². The van der Waals surface area contributed by atoms with Crippen LogP contribution in [0.4, 0.5) is 18.9 Å². The van der Waals surface area contributed by atoms with Crippen LogP contribution in [-0.2, 0) is 22.3 Å². The molecule has 0 N–H and O–H groups in total. The van der Waals surface area contributed by atoms with Gasteiger partial charge < -0.3 is 4.90 Å². The molecule has 2 heterocycles. The van der Waals surface area contributed by atoms with Gasteiger partial charge in [-0.25, -0.2) is 0 Å². The SMILES string of the molecule is O=C1CN(Cc2ccccc2Cl)CC(=O)N1CCCN1CCN(c2cccc(C(F)(F)F)c2)CC1. The van der Waals surface area contributed by atoms with E-state index in [0.29, 0.717) is 56.4 Å². The predicted molar refractivity (Wildman–Crippen MR) is 128 cm³/mol. The minimum absolute atomic E-state index is 0.173. The summed E-state index contributed by atoms with van der Waals surface area (Å²) in [7, 11) is 0. The Labute approximate surface area is 207 Å². The smallest absolute Gasteiger partial charge is 0.369 e. The van der Waals surface area contributed by atoms with Crippen molar-refractivity contribution in [1.29, 1.82) is 0 Å². The molecule has 0 bridgehead atoms. The molecule has 0 aromatic heterocycles. The number of benzene rings is 2. The van der Waals surface area contributed by atoms with Crippen molar-refractivity contribution in [2.45, 2.75) is 19.1 Å². The molecule has 4 rings (SSSR count). The number of carbonyl (C=O) groups is 2. The van der Waals surface area contributed by atoms with Crippen LogP contribution >= 0.6 is 11.6 Å². The van der Waals surface area contributed by atoms with Crippen molar-refractivity contribution in [3.05, 3.63) is 64.7 Å². The van der Waals surface area contributed by atoms with Gasteiger partial charge in [-0.15, -0.1) is 0 Å². The second-order valence-electron chi connectivity index (χ2n) is 8.91. The largest absolute Gasteiger partial charge is 0.416 e. The van der Waals surface area contributed by atoms with Gasteiger partial charge >= 0.3 is 6.18 Å². The summed E-state index contributed by atoms with van der Waals surface area (Å²) in [6.45, 7) is 4.55. The zero-order chi connectivity index (χ0) is 25.0. The molecule has 0 atom stereocenters. The van der Waals surface area contributed by atoms with Gasteiger partial charge in [0.25, 0.3) is 0 Å². The molecule has 0 spiro atoms. The number of nitrogens with zero attached hydrogens (tertiary/aromatic N) is 4. The summed E-state index contributed by atoms with van der Waals surface area (Å²) in [5, 5.41) is 0.614. The first-order valence-corrected chi connectivity index (χ1v) is 12.0. The molecule has 6 nitrogen and oxygen atoms in total. The number of hydrogen-bond donors (Lipinski definition) is 0. The number of hydrogen-bond acceptors (Lipinski definition) is 5. The molecule has 10 heteroatoms. The van der Waals surface area contributed by atoms with Gasteiger partial charge in [0.1, 0.15) is 0 Å².